The van der Waals surface area contributed by atoms with Crippen LogP contribution in [0.1, 0.15) is 262 Å². The molecule has 0 spiro atoms. The molecule has 12 aromatic rings. The number of esters is 6. The number of nitrogens with one attached hydrogen (secondary N) is 12. The first-order chi connectivity index (χ1) is 65.5. The Morgan fingerprint density at radius 2 is 0.601 bits per heavy atom. The lowest BCUT2D eigenvalue weighted by Gasteiger charge is -2.15. The molecule has 774 valence electrons. The van der Waals surface area contributed by atoms with Gasteiger partial charge in [-0.05, 0) is 170 Å². The standard InChI is InChI=1S/C19H24N2O3S.C18H22N2O3S.C17H20N2O3S.C16H20N2O3S2.C15H20N4O3S.C15H18N2O3S2.3CH4/c1-6-24-17(22)16-14(11-15(25-16)19(3,4)5)21-18(23)20-13-9-7-12(2)8-10-13;1-11-6-8-12(9-7-11)19-17(22)20-13-10-14(18(2,3)4)24-15(13)16(21)23-5;1-10(2)14-9-13(15(23-14)16(20)22-4)19-17(21)18-12-7-5-11(3)6-8-12;1-9-6-7-12(22-9)18-15(20)17-10-8-11(16(2,3)4)23-13(10)14(19)21-5;1-15(2,3)10-8-9(12(23-10)13(20)22-5)16-14(21)17-11-6-7-19(4)18-11;1-15(2,3)10-8-9(12(22-10)13(18)20-4)16-14(19)17-11-6-5-7-21-11;;;/h7-11H,6H2,1-5H3,(H2,20,21,23);6-10H,1-5H3,(H2,19,20,22);5-10H,1-4H3,(H2,18,19,21);6-8H,1-5H3,(H2,17,18,20);6-8H,1-5H3,(H2,16,17,18,21);5-8H,1-4H3,(H2,16,17,19);3*1H4. The highest BCUT2D eigenvalue weighted by atomic mass is 32.1. The van der Waals surface area contributed by atoms with E-state index in [4.69, 9.17) is 28.4 Å². The van der Waals surface area contributed by atoms with Gasteiger partial charge in [-0.15, -0.1) is 90.7 Å². The minimum Gasteiger partial charge on any atom is -0.465 e. The number of anilines is 12. The minimum absolute atomic E-state index is 0. The van der Waals surface area contributed by atoms with Crippen LogP contribution in [0.5, 0.6) is 0 Å². The molecule has 0 bridgehead atoms. The molecule has 12 N–H and O–H groups in total. The number of ether oxygens (including phenoxy) is 6. The summed E-state index contributed by atoms with van der Waals surface area (Å²) in [6, 6.07) is 40.1. The van der Waals surface area contributed by atoms with Crippen LogP contribution >= 0.6 is 90.7 Å². The summed E-state index contributed by atoms with van der Waals surface area (Å²) < 4.78 is 30.7. The van der Waals surface area contributed by atoms with Crippen molar-refractivity contribution in [3.63, 3.8) is 0 Å². The third kappa shape index (κ3) is 38.3. The van der Waals surface area contributed by atoms with Crippen LogP contribution in [0, 0.1) is 27.7 Å². The zero-order valence-electron chi connectivity index (χ0n) is 83.7. The smallest absolute Gasteiger partial charge is 0.350 e. The van der Waals surface area contributed by atoms with Crippen molar-refractivity contribution >= 4 is 230 Å². The van der Waals surface area contributed by atoms with Gasteiger partial charge in [-0.25, -0.2) is 57.5 Å². The van der Waals surface area contributed by atoms with Crippen LogP contribution in [0.4, 0.5) is 95.8 Å². The quantitative estimate of drug-likeness (QED) is 0.0249. The molecule has 0 fully saturated rings. The number of benzene rings is 3. The minimum atomic E-state index is -0.473. The molecule has 3 aromatic carbocycles. The van der Waals surface area contributed by atoms with Crippen molar-refractivity contribution in [1.29, 1.82) is 0 Å². The molecule has 0 aliphatic rings. The second kappa shape index (κ2) is 55.0. The first kappa shape index (κ1) is 122. The summed E-state index contributed by atoms with van der Waals surface area (Å²) in [6.07, 6.45) is 1.72. The third-order valence-corrected chi connectivity index (χ3v) is 29.9. The highest BCUT2D eigenvalue weighted by molar-refractivity contribution is 7.17. The molecule has 0 saturated heterocycles. The number of amides is 12. The summed E-state index contributed by atoms with van der Waals surface area (Å²) in [5.74, 6) is -2.02. The van der Waals surface area contributed by atoms with E-state index in [0.717, 1.165) is 60.8 Å². The lowest BCUT2D eigenvalue weighted by molar-refractivity contribution is 0.0529. The van der Waals surface area contributed by atoms with Crippen LogP contribution < -0.4 is 63.8 Å². The van der Waals surface area contributed by atoms with Gasteiger partial charge in [0.1, 0.15) is 29.3 Å². The maximum absolute atomic E-state index is 12.3. The van der Waals surface area contributed by atoms with Crippen molar-refractivity contribution in [2.45, 2.75) is 208 Å². The number of aryl methyl sites for hydroxylation is 5. The molecule has 143 heavy (non-hydrogen) atoms. The van der Waals surface area contributed by atoms with E-state index in [0.29, 0.717) is 86.3 Å². The van der Waals surface area contributed by atoms with E-state index < -0.39 is 59.9 Å². The normalized spacial score (nSPS) is 10.8. The number of carbonyl (C=O) groups is 12. The number of nitrogens with zero attached hydrogens (tertiary/aromatic N) is 2. The van der Waals surface area contributed by atoms with Gasteiger partial charge >= 0.3 is 72.0 Å². The van der Waals surface area contributed by atoms with Crippen LogP contribution in [-0.4, -0.2) is 124 Å². The Morgan fingerprint density at radius 1 is 0.329 bits per heavy atom. The summed E-state index contributed by atoms with van der Waals surface area (Å²) in [5, 5.41) is 40.2. The number of methoxy groups -OCH3 is 5. The first-order valence-electron chi connectivity index (χ1n) is 43.7. The van der Waals surface area contributed by atoms with Crippen molar-refractivity contribution in [3.05, 3.63) is 231 Å². The molecule has 0 aliphatic carbocycles. The lowest BCUT2D eigenvalue weighted by Crippen LogP contribution is -2.20. The molecule has 9 heterocycles. The van der Waals surface area contributed by atoms with Crippen LogP contribution in [0.15, 0.2) is 151 Å². The molecule has 0 radical (unpaired) electrons. The zero-order valence-corrected chi connectivity index (χ0v) is 90.3. The van der Waals surface area contributed by atoms with Gasteiger partial charge in [0.05, 0.1) is 86.3 Å². The van der Waals surface area contributed by atoms with Gasteiger partial charge in [0, 0.05) is 70.5 Å². The molecule has 0 atom stereocenters. The molecule has 32 nitrogen and oxygen atoms in total. The Balaban J connectivity index is 0.000000356. The predicted molar refractivity (Wildman–Crippen MR) is 592 cm³/mol. The highest BCUT2D eigenvalue weighted by Gasteiger charge is 2.32. The number of carbonyl (C=O) groups excluding carboxylic acids is 12. The van der Waals surface area contributed by atoms with E-state index in [9.17, 15) is 57.5 Å². The van der Waals surface area contributed by atoms with Gasteiger partial charge in [-0.2, -0.15) is 5.10 Å². The Morgan fingerprint density at radius 3 is 0.846 bits per heavy atom. The summed E-state index contributed by atoms with van der Waals surface area (Å²) in [7, 11) is 8.39. The topological polar surface area (TPSA) is 422 Å². The van der Waals surface area contributed by atoms with E-state index in [1.54, 1.807) is 43.0 Å². The number of aromatic nitrogens is 2. The third-order valence-electron chi connectivity index (χ3n) is 19.1. The van der Waals surface area contributed by atoms with Crippen molar-refractivity contribution in [3.8, 4) is 0 Å². The van der Waals surface area contributed by atoms with Gasteiger partial charge in [0.2, 0.25) is 0 Å². The van der Waals surface area contributed by atoms with Gasteiger partial charge in [-0.1, -0.05) is 193 Å². The number of hydrogen-bond acceptors (Lipinski definition) is 27. The van der Waals surface area contributed by atoms with Gasteiger partial charge in [0.15, 0.2) is 5.82 Å². The monoisotopic (exact) mass is 2110 g/mol. The maximum atomic E-state index is 12.3. The maximum Gasteiger partial charge on any atom is 0.350 e. The van der Waals surface area contributed by atoms with E-state index in [2.05, 4.69) is 152 Å². The fraction of sp³-hybridized carbons (Fsp3) is 0.369. The molecular formula is C103H136N14O18S8. The summed E-state index contributed by atoms with van der Waals surface area (Å²) in [4.78, 5) is 154. The van der Waals surface area contributed by atoms with E-state index in [1.165, 1.54) is 126 Å². The lowest BCUT2D eigenvalue weighted by atomic mass is 9.94. The second-order valence-electron chi connectivity index (χ2n) is 36.6. The number of thiophene rings is 8. The zero-order chi connectivity index (χ0) is 104. The predicted octanol–water partition coefficient (Wildman–Crippen LogP) is 29.1. The molecule has 40 heteroatoms. The van der Waals surface area contributed by atoms with Gasteiger partial charge in [0.25, 0.3) is 0 Å². The Hall–Kier alpha value is -13.1. The number of rotatable bonds is 20. The SMILES string of the molecule is C.C.C.CCOC(=O)c1sc(C(C)(C)C)cc1NC(=O)Nc1ccc(C)cc1.COC(=O)c1sc(C(C)(C)C)cc1NC(=O)Nc1ccc(C)cc1.COC(=O)c1sc(C(C)(C)C)cc1NC(=O)Nc1ccc(C)s1.COC(=O)c1sc(C(C)(C)C)cc1NC(=O)Nc1cccs1.COC(=O)c1sc(C(C)(C)C)cc1NC(=O)Nc1ccn(C)n1.COC(=O)c1sc(C(C)C)cc1NC(=O)Nc1ccc(C)cc1. The molecular weight excluding hydrogens is 1980 g/mol. The first-order valence-corrected chi connectivity index (χ1v) is 50.3. The summed E-state index contributed by atoms with van der Waals surface area (Å²) in [6.45, 7) is 44.8. The van der Waals surface area contributed by atoms with Crippen LogP contribution in [-0.2, 0) is 62.5 Å². The summed E-state index contributed by atoms with van der Waals surface area (Å²) >= 11 is 10.9. The molecule has 0 saturated carbocycles. The van der Waals surface area contributed by atoms with Crippen LogP contribution in [0.25, 0.3) is 0 Å². The molecule has 12 amide bonds. The molecule has 12 rings (SSSR count). The van der Waals surface area contributed by atoms with Gasteiger partial charge in [-0.3, -0.25) is 20.6 Å². The highest BCUT2D eigenvalue weighted by Crippen LogP contribution is 2.43. The Labute approximate surface area is 870 Å². The van der Waals surface area contributed by atoms with Crippen molar-refractivity contribution in [1.82, 2.24) is 9.78 Å². The largest absolute Gasteiger partial charge is 0.465 e. The Kier molecular flexibility index (Phi) is 47.0. The number of urea groups is 6. The fourth-order valence-electron chi connectivity index (χ4n) is 11.5. The molecule has 0 unspecified atom stereocenters. The average Bonchev–Trinajstić information content (AvgIpc) is 1.68. The summed E-state index contributed by atoms with van der Waals surface area (Å²) in [5.41, 5.74) is 7.55. The van der Waals surface area contributed by atoms with E-state index in [1.807, 2.05) is 189 Å². The van der Waals surface area contributed by atoms with Crippen molar-refractivity contribution < 1.29 is 86.0 Å². The second-order valence-corrected chi connectivity index (χ2v) is 45.2. The fourth-order valence-corrected chi connectivity index (χ4v) is 19.4. The van der Waals surface area contributed by atoms with Crippen molar-refractivity contribution in [2.24, 2.45) is 7.05 Å². The van der Waals surface area contributed by atoms with E-state index in [-0.39, 0.29) is 73.9 Å². The van der Waals surface area contributed by atoms with Gasteiger partial charge < -0.3 is 76.3 Å². The van der Waals surface area contributed by atoms with Crippen LogP contribution in [0.3, 0.4) is 0 Å². The van der Waals surface area contributed by atoms with Crippen LogP contribution in [0.2, 0.25) is 0 Å². The Bertz CT molecular complexity index is 6150. The van der Waals surface area contributed by atoms with E-state index >= 15 is 0 Å². The molecule has 0 aliphatic heterocycles. The average molecular weight is 2110 g/mol. The van der Waals surface area contributed by atoms with Crippen molar-refractivity contribution in [2.75, 3.05) is 106 Å². The molecule has 9 aromatic heterocycles. The number of hydrogen-bond donors (Lipinski definition) is 12.